The third-order valence-corrected chi connectivity index (χ3v) is 8.31. The van der Waals surface area contributed by atoms with Gasteiger partial charge in [0.15, 0.2) is 0 Å². The maximum atomic E-state index is 13.4. The molecule has 1 aromatic rings. The molecular weight excluding hydrogens is 484 g/mol. The predicted molar refractivity (Wildman–Crippen MR) is 136 cm³/mol. The van der Waals surface area contributed by atoms with Crippen LogP contribution >= 0.6 is 0 Å². The number of rotatable bonds is 10. The van der Waals surface area contributed by atoms with E-state index in [4.69, 9.17) is 15.9 Å². The lowest BCUT2D eigenvalue weighted by molar-refractivity contribution is -0.134. The molecule has 1 saturated carbocycles. The van der Waals surface area contributed by atoms with Crippen molar-refractivity contribution in [3.8, 4) is 0 Å². The van der Waals surface area contributed by atoms with Gasteiger partial charge >= 0.3 is 0 Å². The molecular formula is C24H38N6O5S. The third kappa shape index (κ3) is 7.48. The van der Waals surface area contributed by atoms with Crippen molar-refractivity contribution in [1.82, 2.24) is 19.7 Å². The van der Waals surface area contributed by atoms with E-state index in [0.29, 0.717) is 18.8 Å². The van der Waals surface area contributed by atoms with Crippen LogP contribution in [0.2, 0.25) is 0 Å². The number of amides is 2. The average Bonchev–Trinajstić information content (AvgIpc) is 2.86. The van der Waals surface area contributed by atoms with Crippen molar-refractivity contribution in [1.29, 1.82) is 5.41 Å². The molecule has 200 valence electrons. The topological polar surface area (TPSA) is 167 Å². The highest BCUT2D eigenvalue weighted by Gasteiger charge is 2.39. The molecule has 0 unspecified atom stereocenters. The van der Waals surface area contributed by atoms with E-state index in [-0.39, 0.29) is 31.4 Å². The van der Waals surface area contributed by atoms with Crippen molar-refractivity contribution in [3.63, 3.8) is 0 Å². The number of morpholine rings is 1. The van der Waals surface area contributed by atoms with Crippen LogP contribution < -0.4 is 21.1 Å². The summed E-state index contributed by atoms with van der Waals surface area (Å²) in [6.45, 7) is 4.50. The van der Waals surface area contributed by atoms with Crippen LogP contribution in [0.4, 0.5) is 0 Å². The summed E-state index contributed by atoms with van der Waals surface area (Å²) in [6, 6.07) is 5.96. The Morgan fingerprint density at radius 1 is 1.14 bits per heavy atom. The molecule has 2 fully saturated rings. The van der Waals surface area contributed by atoms with Crippen molar-refractivity contribution in [3.05, 3.63) is 35.4 Å². The number of ether oxygens (including phenoxy) is 1. The van der Waals surface area contributed by atoms with E-state index in [1.54, 1.807) is 38.1 Å². The molecule has 3 rings (SSSR count). The number of carbonyl (C=O) groups excluding carboxylic acids is 2. The molecule has 11 nitrogen and oxygen atoms in total. The summed E-state index contributed by atoms with van der Waals surface area (Å²) in [4.78, 5) is 26.3. The number of nitrogen functional groups attached to an aromatic ring is 1. The van der Waals surface area contributed by atoms with E-state index >= 15 is 0 Å². The Hall–Kier alpha value is -2.54. The Labute approximate surface area is 213 Å². The molecule has 6 N–H and O–H groups in total. The van der Waals surface area contributed by atoms with E-state index in [0.717, 1.165) is 37.7 Å². The standard InChI is InChI=1S/C24H38N6O5S/c1-24(2,23(32)27-16-17-8-10-19(11-9-17)21(25)26)28-22(31)20(18-6-4-3-5-7-18)29-36(33,34)30-12-14-35-15-13-30/h8-11,18,20,29H,3-7,12-16H2,1-2H3,(H3,25,26)(H,27,32)(H,28,31)/t20-/m1/s1. The van der Waals surface area contributed by atoms with Crippen LogP contribution in [0.1, 0.15) is 57.1 Å². The van der Waals surface area contributed by atoms with E-state index < -0.39 is 33.6 Å². The minimum atomic E-state index is -3.89. The molecule has 0 bridgehead atoms. The fraction of sp³-hybridized carbons (Fsp3) is 0.625. The van der Waals surface area contributed by atoms with Gasteiger partial charge in [-0.3, -0.25) is 15.0 Å². The molecule has 1 aliphatic carbocycles. The zero-order valence-corrected chi connectivity index (χ0v) is 21.8. The van der Waals surface area contributed by atoms with Crippen LogP contribution in [0.5, 0.6) is 0 Å². The highest BCUT2D eigenvalue weighted by atomic mass is 32.2. The minimum Gasteiger partial charge on any atom is -0.384 e. The van der Waals surface area contributed by atoms with E-state index in [2.05, 4.69) is 15.4 Å². The number of carbonyl (C=O) groups is 2. The Morgan fingerprint density at radius 2 is 1.75 bits per heavy atom. The maximum Gasteiger partial charge on any atom is 0.280 e. The molecule has 1 saturated heterocycles. The van der Waals surface area contributed by atoms with E-state index in [9.17, 15) is 18.0 Å². The average molecular weight is 523 g/mol. The van der Waals surface area contributed by atoms with Gasteiger partial charge in [-0.1, -0.05) is 43.5 Å². The van der Waals surface area contributed by atoms with Crippen molar-refractivity contribution < 1.29 is 22.7 Å². The van der Waals surface area contributed by atoms with Gasteiger partial charge in [0.2, 0.25) is 11.8 Å². The monoisotopic (exact) mass is 522 g/mol. The summed E-state index contributed by atoms with van der Waals surface area (Å²) in [5, 5.41) is 13.0. The summed E-state index contributed by atoms with van der Waals surface area (Å²) >= 11 is 0. The van der Waals surface area contributed by atoms with E-state index in [1.165, 1.54) is 4.31 Å². The van der Waals surface area contributed by atoms with Crippen LogP contribution in [-0.2, 0) is 31.1 Å². The second-order valence-electron chi connectivity index (χ2n) is 9.92. The fourth-order valence-electron chi connectivity index (χ4n) is 4.50. The molecule has 1 aliphatic heterocycles. The number of amidine groups is 1. The molecule has 0 aromatic heterocycles. The first kappa shape index (κ1) is 28.0. The van der Waals surface area contributed by atoms with Crippen molar-refractivity contribution in [2.24, 2.45) is 11.7 Å². The number of nitrogens with zero attached hydrogens (tertiary/aromatic N) is 1. The summed E-state index contributed by atoms with van der Waals surface area (Å²) < 4.78 is 35.3. The second-order valence-corrected chi connectivity index (χ2v) is 11.6. The summed E-state index contributed by atoms with van der Waals surface area (Å²) in [6.07, 6.45) is 4.40. The molecule has 1 heterocycles. The van der Waals surface area contributed by atoms with Crippen molar-refractivity contribution in [2.75, 3.05) is 26.3 Å². The number of benzene rings is 1. The summed E-state index contributed by atoms with van der Waals surface area (Å²) in [7, 11) is -3.89. The van der Waals surface area contributed by atoms with Gasteiger partial charge < -0.3 is 21.1 Å². The lowest BCUT2D eigenvalue weighted by Gasteiger charge is -2.35. The Kier molecular flexibility index (Phi) is 9.45. The first-order valence-corrected chi connectivity index (χ1v) is 13.8. The first-order chi connectivity index (χ1) is 17.0. The van der Waals surface area contributed by atoms with Gasteiger partial charge in [0.1, 0.15) is 17.4 Å². The normalized spacial score (nSPS) is 18.8. The van der Waals surface area contributed by atoms with Crippen LogP contribution in [-0.4, -0.2) is 68.3 Å². The van der Waals surface area contributed by atoms with Gasteiger partial charge in [0.05, 0.1) is 13.2 Å². The number of hydrogen-bond acceptors (Lipinski definition) is 6. The van der Waals surface area contributed by atoms with Gasteiger partial charge in [-0.15, -0.1) is 0 Å². The SMILES string of the molecule is CC(C)(NC(=O)[C@H](NS(=O)(=O)N1CCOCC1)C1CCCCC1)C(=O)NCc1ccc(C(=N)N)cc1. The summed E-state index contributed by atoms with van der Waals surface area (Å²) in [5.74, 6) is -1.09. The predicted octanol–water partition coefficient (Wildman–Crippen LogP) is 0.597. The Bertz CT molecular complexity index is 1030. The fourth-order valence-corrected chi connectivity index (χ4v) is 5.90. The number of nitrogens with two attached hydrogens (primary N) is 1. The Morgan fingerprint density at radius 3 is 2.33 bits per heavy atom. The van der Waals surface area contributed by atoms with Gasteiger partial charge in [-0.2, -0.15) is 17.4 Å². The lowest BCUT2D eigenvalue weighted by atomic mass is 9.83. The van der Waals surface area contributed by atoms with Gasteiger partial charge in [-0.05, 0) is 38.2 Å². The third-order valence-electron chi connectivity index (χ3n) is 6.71. The lowest BCUT2D eigenvalue weighted by Crippen LogP contribution is -2.62. The van der Waals surface area contributed by atoms with Crippen LogP contribution in [0, 0.1) is 11.3 Å². The highest BCUT2D eigenvalue weighted by Crippen LogP contribution is 2.27. The molecule has 12 heteroatoms. The van der Waals surface area contributed by atoms with Gasteiger partial charge in [0.25, 0.3) is 10.2 Å². The largest absolute Gasteiger partial charge is 0.384 e. The molecule has 0 spiro atoms. The molecule has 2 aliphatic rings. The highest BCUT2D eigenvalue weighted by molar-refractivity contribution is 7.87. The zero-order valence-electron chi connectivity index (χ0n) is 21.0. The summed E-state index contributed by atoms with van der Waals surface area (Å²) in [5.41, 5.74) is 5.60. The van der Waals surface area contributed by atoms with Crippen LogP contribution in [0.3, 0.4) is 0 Å². The van der Waals surface area contributed by atoms with Crippen LogP contribution in [0.15, 0.2) is 24.3 Å². The Balaban J connectivity index is 1.66. The molecule has 2 amide bonds. The van der Waals surface area contributed by atoms with Gasteiger partial charge in [0, 0.05) is 25.2 Å². The number of nitrogens with one attached hydrogen (secondary N) is 4. The number of hydrogen-bond donors (Lipinski definition) is 5. The van der Waals surface area contributed by atoms with E-state index in [1.807, 2.05) is 0 Å². The molecule has 36 heavy (non-hydrogen) atoms. The van der Waals surface area contributed by atoms with Crippen molar-refractivity contribution in [2.45, 2.75) is 64.1 Å². The van der Waals surface area contributed by atoms with Gasteiger partial charge in [-0.25, -0.2) is 0 Å². The minimum absolute atomic E-state index is 0.0359. The molecule has 1 atom stereocenters. The molecule has 0 radical (unpaired) electrons. The zero-order chi connectivity index (χ0) is 26.3. The van der Waals surface area contributed by atoms with Crippen molar-refractivity contribution >= 4 is 27.9 Å². The quantitative estimate of drug-likeness (QED) is 0.223. The smallest absolute Gasteiger partial charge is 0.280 e. The first-order valence-electron chi connectivity index (χ1n) is 12.4. The van der Waals surface area contributed by atoms with Crippen LogP contribution in [0.25, 0.3) is 0 Å². The maximum absolute atomic E-state index is 13.4. The second kappa shape index (κ2) is 12.1. The molecule has 1 aromatic carbocycles.